The van der Waals surface area contributed by atoms with Gasteiger partial charge in [0.05, 0.1) is 5.56 Å². The van der Waals surface area contributed by atoms with Crippen LogP contribution in [0.3, 0.4) is 0 Å². The van der Waals surface area contributed by atoms with Gasteiger partial charge in [-0.3, -0.25) is 0 Å². The molecule has 0 aliphatic heterocycles. The summed E-state index contributed by atoms with van der Waals surface area (Å²) in [6.45, 7) is 2.86. The third-order valence-electron chi connectivity index (χ3n) is 2.12. The van der Waals surface area contributed by atoms with E-state index in [2.05, 4.69) is 12.2 Å². The molecular weight excluding hydrogens is 192 g/mol. The van der Waals surface area contributed by atoms with Crippen LogP contribution < -0.4 is 11.1 Å². The molecule has 4 nitrogen and oxygen atoms in total. The van der Waals surface area contributed by atoms with Gasteiger partial charge in [-0.1, -0.05) is 13.3 Å². The molecule has 1 rings (SSSR count). The molecule has 1 aromatic rings. The lowest BCUT2D eigenvalue weighted by molar-refractivity contribution is 0.0698. The molecule has 0 radical (unpaired) electrons. The quantitative estimate of drug-likeness (QED) is 0.512. The van der Waals surface area contributed by atoms with E-state index in [4.69, 9.17) is 10.8 Å². The van der Waals surface area contributed by atoms with E-state index in [1.54, 1.807) is 12.1 Å². The largest absolute Gasteiger partial charge is 0.478 e. The molecule has 1 aromatic carbocycles. The smallest absolute Gasteiger partial charge is 0.337 e. The molecule has 0 aliphatic carbocycles. The summed E-state index contributed by atoms with van der Waals surface area (Å²) < 4.78 is 0. The topological polar surface area (TPSA) is 75.3 Å². The summed E-state index contributed by atoms with van der Waals surface area (Å²) in [5.41, 5.74) is 6.85. The number of nitrogens with one attached hydrogen (secondary N) is 1. The van der Waals surface area contributed by atoms with E-state index in [9.17, 15) is 4.79 Å². The van der Waals surface area contributed by atoms with E-state index >= 15 is 0 Å². The van der Waals surface area contributed by atoms with Crippen molar-refractivity contribution in [1.29, 1.82) is 0 Å². The van der Waals surface area contributed by atoms with Gasteiger partial charge in [0.25, 0.3) is 0 Å². The fourth-order valence-corrected chi connectivity index (χ4v) is 1.29. The summed E-state index contributed by atoms with van der Waals surface area (Å²) in [6, 6.07) is 4.87. The van der Waals surface area contributed by atoms with Gasteiger partial charge in [0.2, 0.25) is 0 Å². The Morgan fingerprint density at radius 2 is 2.27 bits per heavy atom. The Morgan fingerprint density at radius 3 is 2.87 bits per heavy atom. The zero-order valence-corrected chi connectivity index (χ0v) is 8.79. The molecule has 15 heavy (non-hydrogen) atoms. The number of rotatable bonds is 5. The fraction of sp³-hybridized carbons (Fsp3) is 0.364. The second-order valence-electron chi connectivity index (χ2n) is 3.39. The van der Waals surface area contributed by atoms with Gasteiger partial charge >= 0.3 is 5.97 Å². The second kappa shape index (κ2) is 5.24. The van der Waals surface area contributed by atoms with Crippen molar-refractivity contribution in [2.24, 2.45) is 0 Å². The predicted molar refractivity (Wildman–Crippen MR) is 61.2 cm³/mol. The molecule has 0 unspecified atom stereocenters. The maximum atomic E-state index is 10.9. The first-order valence-corrected chi connectivity index (χ1v) is 5.02. The van der Waals surface area contributed by atoms with Gasteiger partial charge in [0, 0.05) is 17.9 Å². The van der Waals surface area contributed by atoms with Crippen molar-refractivity contribution in [3.63, 3.8) is 0 Å². The zero-order valence-electron chi connectivity index (χ0n) is 8.79. The van der Waals surface area contributed by atoms with Crippen LogP contribution in [0.1, 0.15) is 30.1 Å². The summed E-state index contributed by atoms with van der Waals surface area (Å²) in [6.07, 6.45) is 2.09. The third kappa shape index (κ3) is 3.16. The van der Waals surface area contributed by atoms with Crippen LogP contribution in [0.4, 0.5) is 11.4 Å². The lowest BCUT2D eigenvalue weighted by atomic mass is 10.1. The number of aromatic carboxylic acids is 1. The fourth-order valence-electron chi connectivity index (χ4n) is 1.29. The monoisotopic (exact) mass is 208 g/mol. The second-order valence-corrected chi connectivity index (χ2v) is 3.39. The van der Waals surface area contributed by atoms with Crippen LogP contribution >= 0.6 is 0 Å². The molecule has 0 aliphatic rings. The van der Waals surface area contributed by atoms with Crippen molar-refractivity contribution in [2.45, 2.75) is 19.8 Å². The Hall–Kier alpha value is -1.71. The van der Waals surface area contributed by atoms with Gasteiger partial charge in [0.15, 0.2) is 0 Å². The van der Waals surface area contributed by atoms with Crippen LogP contribution in [0.15, 0.2) is 18.2 Å². The Balaban J connectivity index is 2.81. The summed E-state index contributed by atoms with van der Waals surface area (Å²) >= 11 is 0. The Bertz CT molecular complexity index is 350. The summed E-state index contributed by atoms with van der Waals surface area (Å²) in [5.74, 6) is -0.957. The Labute approximate surface area is 89.1 Å². The SMILES string of the molecule is CCCCNc1ccc(N)cc1C(=O)O. The number of hydrogen-bond donors (Lipinski definition) is 3. The number of nitrogens with two attached hydrogens (primary N) is 1. The van der Waals surface area contributed by atoms with E-state index in [0.717, 1.165) is 19.4 Å². The van der Waals surface area contributed by atoms with Crippen molar-refractivity contribution >= 4 is 17.3 Å². The summed E-state index contributed by atoms with van der Waals surface area (Å²) in [7, 11) is 0. The van der Waals surface area contributed by atoms with Gasteiger partial charge in [-0.2, -0.15) is 0 Å². The Morgan fingerprint density at radius 1 is 1.53 bits per heavy atom. The van der Waals surface area contributed by atoms with Crippen molar-refractivity contribution in [2.75, 3.05) is 17.6 Å². The number of carboxylic acids is 1. The number of anilines is 2. The molecule has 0 amide bonds. The first-order chi connectivity index (χ1) is 7.15. The average Bonchev–Trinajstić information content (AvgIpc) is 2.20. The van der Waals surface area contributed by atoms with E-state index in [1.807, 2.05) is 0 Å². The molecule has 0 atom stereocenters. The molecule has 0 aromatic heterocycles. The third-order valence-corrected chi connectivity index (χ3v) is 2.12. The minimum Gasteiger partial charge on any atom is -0.478 e. The van der Waals surface area contributed by atoms with Gasteiger partial charge in [-0.25, -0.2) is 4.79 Å². The number of hydrogen-bond acceptors (Lipinski definition) is 3. The van der Waals surface area contributed by atoms with Crippen molar-refractivity contribution < 1.29 is 9.90 Å². The Kier molecular flexibility index (Phi) is 3.97. The summed E-state index contributed by atoms with van der Waals surface area (Å²) in [4.78, 5) is 10.9. The molecular formula is C11H16N2O2. The van der Waals surface area contributed by atoms with Crippen LogP contribution in [0.2, 0.25) is 0 Å². The average molecular weight is 208 g/mol. The minimum atomic E-state index is -0.957. The van der Waals surface area contributed by atoms with Gasteiger partial charge in [0.1, 0.15) is 0 Å². The van der Waals surface area contributed by atoms with Crippen LogP contribution in [0, 0.1) is 0 Å². The highest BCUT2D eigenvalue weighted by molar-refractivity contribution is 5.95. The lowest BCUT2D eigenvalue weighted by Crippen LogP contribution is -2.08. The zero-order chi connectivity index (χ0) is 11.3. The predicted octanol–water partition coefficient (Wildman–Crippen LogP) is 2.18. The van der Waals surface area contributed by atoms with Gasteiger partial charge in [-0.05, 0) is 24.6 Å². The van der Waals surface area contributed by atoms with Crippen molar-refractivity contribution in [1.82, 2.24) is 0 Å². The minimum absolute atomic E-state index is 0.228. The summed E-state index contributed by atoms with van der Waals surface area (Å²) in [5, 5.41) is 12.0. The van der Waals surface area contributed by atoms with E-state index in [1.165, 1.54) is 6.07 Å². The normalized spacial score (nSPS) is 9.93. The van der Waals surface area contributed by atoms with E-state index in [0.29, 0.717) is 11.4 Å². The lowest BCUT2D eigenvalue weighted by Gasteiger charge is -2.09. The molecule has 0 saturated heterocycles. The van der Waals surface area contributed by atoms with E-state index in [-0.39, 0.29) is 5.56 Å². The molecule has 0 fully saturated rings. The van der Waals surface area contributed by atoms with Crippen LogP contribution in [0.25, 0.3) is 0 Å². The molecule has 0 bridgehead atoms. The number of carbonyl (C=O) groups is 1. The molecule has 4 N–H and O–H groups in total. The number of nitrogen functional groups attached to an aromatic ring is 1. The molecule has 0 spiro atoms. The highest BCUT2D eigenvalue weighted by atomic mass is 16.4. The number of unbranched alkanes of at least 4 members (excludes halogenated alkanes) is 1. The molecule has 0 saturated carbocycles. The molecule has 4 heteroatoms. The van der Waals surface area contributed by atoms with Crippen LogP contribution in [0.5, 0.6) is 0 Å². The van der Waals surface area contributed by atoms with Crippen LogP contribution in [-0.4, -0.2) is 17.6 Å². The van der Waals surface area contributed by atoms with Crippen molar-refractivity contribution in [3.05, 3.63) is 23.8 Å². The van der Waals surface area contributed by atoms with Gasteiger partial charge in [-0.15, -0.1) is 0 Å². The first-order valence-electron chi connectivity index (χ1n) is 5.02. The van der Waals surface area contributed by atoms with E-state index < -0.39 is 5.97 Å². The van der Waals surface area contributed by atoms with Crippen LogP contribution in [-0.2, 0) is 0 Å². The highest BCUT2D eigenvalue weighted by Gasteiger charge is 2.09. The van der Waals surface area contributed by atoms with Gasteiger partial charge < -0.3 is 16.2 Å². The molecule has 82 valence electrons. The maximum Gasteiger partial charge on any atom is 0.337 e. The van der Waals surface area contributed by atoms with Crippen molar-refractivity contribution in [3.8, 4) is 0 Å². The first kappa shape index (κ1) is 11.4. The number of benzene rings is 1. The molecule has 0 heterocycles. The maximum absolute atomic E-state index is 10.9. The highest BCUT2D eigenvalue weighted by Crippen LogP contribution is 2.18. The standard InChI is InChI=1S/C11H16N2O2/c1-2-3-6-13-10-5-4-8(12)7-9(10)11(14)15/h4-5,7,13H,2-3,6,12H2,1H3,(H,14,15). The number of carboxylic acid groups (broad SMARTS) is 1.